The molecule has 2 atom stereocenters. The van der Waals surface area contributed by atoms with Crippen LogP contribution in [-0.2, 0) is 4.79 Å². The van der Waals surface area contributed by atoms with E-state index in [0.717, 1.165) is 25.7 Å². The van der Waals surface area contributed by atoms with Crippen LogP contribution in [0.5, 0.6) is 5.75 Å². The third-order valence-corrected chi connectivity index (χ3v) is 3.89. The normalized spacial score (nSPS) is 21.8. The number of benzene rings is 1. The number of hydrogen-bond donors (Lipinski definition) is 3. The summed E-state index contributed by atoms with van der Waals surface area (Å²) < 4.78 is 5.48. The van der Waals surface area contributed by atoms with E-state index in [9.17, 15) is 9.90 Å². The summed E-state index contributed by atoms with van der Waals surface area (Å²) in [4.78, 5) is 11.8. The van der Waals surface area contributed by atoms with E-state index in [4.69, 9.17) is 10.5 Å². The molecule has 0 spiro atoms. The van der Waals surface area contributed by atoms with Gasteiger partial charge < -0.3 is 20.9 Å². The van der Waals surface area contributed by atoms with Crippen molar-refractivity contribution in [2.75, 3.05) is 18.9 Å². The zero-order valence-electron chi connectivity index (χ0n) is 12.3. The van der Waals surface area contributed by atoms with Gasteiger partial charge in [-0.1, -0.05) is 18.9 Å². The molecule has 21 heavy (non-hydrogen) atoms. The second-order valence-corrected chi connectivity index (χ2v) is 5.59. The van der Waals surface area contributed by atoms with Crippen LogP contribution in [0.4, 0.5) is 5.69 Å². The Morgan fingerprint density at radius 3 is 2.95 bits per heavy atom. The predicted octanol–water partition coefficient (Wildman–Crippen LogP) is 1.70. The molecular weight excluding hydrogens is 268 g/mol. The van der Waals surface area contributed by atoms with Crippen molar-refractivity contribution >= 4 is 11.6 Å². The first-order valence-electron chi connectivity index (χ1n) is 7.58. The van der Waals surface area contributed by atoms with Crippen LogP contribution in [-0.4, -0.2) is 30.3 Å². The SMILES string of the molecule is Nc1cccc(OCCC(=O)NCC2CCCCC2O)c1. The molecule has 4 N–H and O–H groups in total. The van der Waals surface area contributed by atoms with Gasteiger partial charge in [-0.15, -0.1) is 0 Å². The third kappa shape index (κ3) is 5.27. The first-order valence-corrected chi connectivity index (χ1v) is 7.58. The third-order valence-electron chi connectivity index (χ3n) is 3.89. The molecule has 1 aliphatic carbocycles. The van der Waals surface area contributed by atoms with E-state index in [-0.39, 0.29) is 17.9 Å². The molecule has 0 aromatic heterocycles. The molecule has 1 amide bonds. The van der Waals surface area contributed by atoms with Crippen LogP contribution in [0.1, 0.15) is 32.1 Å². The van der Waals surface area contributed by atoms with Gasteiger partial charge in [-0.25, -0.2) is 0 Å². The number of ether oxygens (including phenoxy) is 1. The maximum atomic E-state index is 11.8. The largest absolute Gasteiger partial charge is 0.493 e. The summed E-state index contributed by atoms with van der Waals surface area (Å²) >= 11 is 0. The second-order valence-electron chi connectivity index (χ2n) is 5.59. The van der Waals surface area contributed by atoms with Crippen molar-refractivity contribution in [3.8, 4) is 5.75 Å². The van der Waals surface area contributed by atoms with E-state index in [2.05, 4.69) is 5.32 Å². The molecular formula is C16H24N2O3. The van der Waals surface area contributed by atoms with E-state index in [0.29, 0.717) is 31.0 Å². The molecule has 0 saturated heterocycles. The lowest BCUT2D eigenvalue weighted by Crippen LogP contribution is -2.37. The Hall–Kier alpha value is -1.75. The fraction of sp³-hybridized carbons (Fsp3) is 0.562. The van der Waals surface area contributed by atoms with Crippen molar-refractivity contribution in [1.82, 2.24) is 5.32 Å². The number of carbonyl (C=O) groups is 1. The second kappa shape index (κ2) is 7.88. The van der Waals surface area contributed by atoms with Crippen molar-refractivity contribution < 1.29 is 14.6 Å². The van der Waals surface area contributed by atoms with Gasteiger partial charge in [0.15, 0.2) is 0 Å². The molecule has 1 saturated carbocycles. The van der Waals surface area contributed by atoms with Crippen LogP contribution in [0, 0.1) is 5.92 Å². The molecule has 0 aliphatic heterocycles. The monoisotopic (exact) mass is 292 g/mol. The Morgan fingerprint density at radius 1 is 1.38 bits per heavy atom. The smallest absolute Gasteiger partial charge is 0.223 e. The number of carbonyl (C=O) groups excluding carboxylic acids is 1. The number of amides is 1. The lowest BCUT2D eigenvalue weighted by Gasteiger charge is -2.27. The highest BCUT2D eigenvalue weighted by Crippen LogP contribution is 2.23. The minimum atomic E-state index is -0.275. The van der Waals surface area contributed by atoms with Gasteiger partial charge in [0.1, 0.15) is 5.75 Å². The molecule has 0 bridgehead atoms. The summed E-state index contributed by atoms with van der Waals surface area (Å²) in [5.74, 6) is 0.819. The van der Waals surface area contributed by atoms with Gasteiger partial charge in [0.2, 0.25) is 5.91 Å². The van der Waals surface area contributed by atoms with Crippen molar-refractivity contribution in [2.45, 2.75) is 38.2 Å². The molecule has 5 heteroatoms. The summed E-state index contributed by atoms with van der Waals surface area (Å²) in [6.45, 7) is 0.876. The molecule has 2 unspecified atom stereocenters. The fourth-order valence-corrected chi connectivity index (χ4v) is 2.63. The van der Waals surface area contributed by atoms with Gasteiger partial charge in [0, 0.05) is 24.2 Å². The predicted molar refractivity (Wildman–Crippen MR) is 81.9 cm³/mol. The Kier molecular flexibility index (Phi) is 5.87. The maximum absolute atomic E-state index is 11.8. The van der Waals surface area contributed by atoms with Crippen molar-refractivity contribution in [3.05, 3.63) is 24.3 Å². The molecule has 116 valence electrons. The topological polar surface area (TPSA) is 84.6 Å². The standard InChI is InChI=1S/C16H24N2O3/c17-13-5-3-6-14(10-13)21-9-8-16(20)18-11-12-4-1-2-7-15(12)19/h3,5-6,10,12,15,19H,1-2,4,7-9,11,17H2,(H,18,20). The van der Waals surface area contributed by atoms with Gasteiger partial charge in [0.25, 0.3) is 0 Å². The Bertz CT molecular complexity index is 465. The number of nitrogen functional groups attached to an aromatic ring is 1. The molecule has 1 aromatic rings. The Labute approximate surface area is 125 Å². The average molecular weight is 292 g/mol. The first kappa shape index (κ1) is 15.6. The average Bonchev–Trinajstić information content (AvgIpc) is 2.46. The lowest BCUT2D eigenvalue weighted by atomic mass is 9.86. The van der Waals surface area contributed by atoms with E-state index >= 15 is 0 Å². The van der Waals surface area contributed by atoms with Gasteiger partial charge in [-0.2, -0.15) is 0 Å². The number of aliphatic hydroxyl groups excluding tert-OH is 1. The van der Waals surface area contributed by atoms with E-state index in [1.54, 1.807) is 12.1 Å². The Morgan fingerprint density at radius 2 is 2.19 bits per heavy atom. The van der Waals surface area contributed by atoms with E-state index in [1.165, 1.54) is 0 Å². The van der Waals surface area contributed by atoms with Crippen LogP contribution >= 0.6 is 0 Å². The van der Waals surface area contributed by atoms with Gasteiger partial charge in [0.05, 0.1) is 19.1 Å². The molecule has 1 aliphatic rings. The number of hydrogen-bond acceptors (Lipinski definition) is 4. The molecule has 5 nitrogen and oxygen atoms in total. The zero-order chi connectivity index (χ0) is 15.1. The Balaban J connectivity index is 1.63. The van der Waals surface area contributed by atoms with E-state index in [1.807, 2.05) is 12.1 Å². The zero-order valence-corrected chi connectivity index (χ0v) is 12.3. The molecule has 2 rings (SSSR count). The summed E-state index contributed by atoms with van der Waals surface area (Å²) in [5.41, 5.74) is 6.29. The summed E-state index contributed by atoms with van der Waals surface area (Å²) in [6.07, 6.45) is 4.08. The van der Waals surface area contributed by atoms with Crippen LogP contribution in [0.3, 0.4) is 0 Å². The van der Waals surface area contributed by atoms with Crippen LogP contribution in [0.2, 0.25) is 0 Å². The van der Waals surface area contributed by atoms with Crippen LogP contribution in [0.15, 0.2) is 24.3 Å². The molecule has 0 radical (unpaired) electrons. The maximum Gasteiger partial charge on any atom is 0.223 e. The van der Waals surface area contributed by atoms with Crippen molar-refractivity contribution in [1.29, 1.82) is 0 Å². The quantitative estimate of drug-likeness (QED) is 0.697. The fourth-order valence-electron chi connectivity index (χ4n) is 2.63. The highest BCUT2D eigenvalue weighted by atomic mass is 16.5. The van der Waals surface area contributed by atoms with E-state index < -0.39 is 0 Å². The number of aliphatic hydroxyl groups is 1. The molecule has 0 heterocycles. The van der Waals surface area contributed by atoms with Crippen LogP contribution in [0.25, 0.3) is 0 Å². The van der Waals surface area contributed by atoms with Gasteiger partial charge in [-0.05, 0) is 25.0 Å². The highest BCUT2D eigenvalue weighted by molar-refractivity contribution is 5.76. The van der Waals surface area contributed by atoms with Crippen LogP contribution < -0.4 is 15.8 Å². The van der Waals surface area contributed by atoms with Crippen molar-refractivity contribution in [2.24, 2.45) is 5.92 Å². The lowest BCUT2D eigenvalue weighted by molar-refractivity contribution is -0.122. The minimum Gasteiger partial charge on any atom is -0.493 e. The number of nitrogens with two attached hydrogens (primary N) is 1. The molecule has 1 fully saturated rings. The van der Waals surface area contributed by atoms with Crippen molar-refractivity contribution in [3.63, 3.8) is 0 Å². The van der Waals surface area contributed by atoms with Gasteiger partial charge >= 0.3 is 0 Å². The summed E-state index contributed by atoms with van der Waals surface area (Å²) in [7, 11) is 0. The number of rotatable bonds is 6. The summed E-state index contributed by atoms with van der Waals surface area (Å²) in [5, 5.41) is 12.7. The molecule has 1 aromatic carbocycles. The van der Waals surface area contributed by atoms with Gasteiger partial charge in [-0.3, -0.25) is 4.79 Å². The number of nitrogens with one attached hydrogen (secondary N) is 1. The number of anilines is 1. The minimum absolute atomic E-state index is 0.0447. The highest BCUT2D eigenvalue weighted by Gasteiger charge is 2.23. The summed E-state index contributed by atoms with van der Waals surface area (Å²) in [6, 6.07) is 7.15. The first-order chi connectivity index (χ1) is 10.1.